The highest BCUT2D eigenvalue weighted by molar-refractivity contribution is 5.13. The van der Waals surface area contributed by atoms with Crippen molar-refractivity contribution in [3.05, 3.63) is 48.7 Å². The molecule has 16 heavy (non-hydrogen) atoms. The monoisotopic (exact) mass is 222 g/mol. The number of hydrogen-bond acceptors (Lipinski definition) is 4. The van der Waals surface area contributed by atoms with E-state index in [1.165, 1.54) is 0 Å². The highest BCUT2D eigenvalue weighted by atomic mass is 16.6. The summed E-state index contributed by atoms with van der Waals surface area (Å²) in [5.41, 5.74) is 3.75. The minimum absolute atomic E-state index is 0.365. The third kappa shape index (κ3) is 4.44. The number of nitrogens with zero attached hydrogens (tertiary/aromatic N) is 1. The molecular weight excluding hydrogens is 204 g/mol. The highest BCUT2D eigenvalue weighted by Crippen LogP contribution is 2.01. The largest absolute Gasteiger partial charge is 0.355 e. The molecule has 0 amide bonds. The summed E-state index contributed by atoms with van der Waals surface area (Å²) in [6.45, 7) is 6.61. The molecule has 0 spiro atoms. The quantitative estimate of drug-likeness (QED) is 0.541. The van der Waals surface area contributed by atoms with Crippen molar-refractivity contribution in [2.24, 2.45) is 0 Å². The Bertz CT molecular complexity index is 303. The molecule has 0 heterocycles. The van der Waals surface area contributed by atoms with Crippen LogP contribution in [0, 0.1) is 0 Å². The minimum Gasteiger partial charge on any atom is -0.355 e. The maximum atomic E-state index is 9.52. The van der Waals surface area contributed by atoms with Gasteiger partial charge < -0.3 is 14.9 Å². The normalized spacial score (nSPS) is 12.1. The zero-order valence-electron chi connectivity index (χ0n) is 9.47. The number of hydrogen-bond donors (Lipinski definition) is 2. The van der Waals surface area contributed by atoms with E-state index in [2.05, 4.69) is 12.0 Å². The third-order valence-electron chi connectivity index (χ3n) is 2.09. The Morgan fingerprint density at radius 1 is 1.50 bits per heavy atom. The fourth-order valence-corrected chi connectivity index (χ4v) is 1.20. The van der Waals surface area contributed by atoms with Gasteiger partial charge in [-0.1, -0.05) is 36.9 Å². The number of nitrogens with one attached hydrogen (secondary N) is 1. The van der Waals surface area contributed by atoms with Crippen LogP contribution in [0.2, 0.25) is 0 Å². The smallest absolute Gasteiger partial charge is 0.230 e. The summed E-state index contributed by atoms with van der Waals surface area (Å²) in [5, 5.41) is 11.2. The molecule has 0 saturated carbocycles. The van der Waals surface area contributed by atoms with E-state index in [1.807, 2.05) is 37.3 Å². The zero-order valence-corrected chi connectivity index (χ0v) is 9.47. The number of hydrazine groups is 1. The van der Waals surface area contributed by atoms with Crippen molar-refractivity contribution in [2.75, 3.05) is 6.54 Å². The molecule has 1 aromatic rings. The van der Waals surface area contributed by atoms with Gasteiger partial charge in [0.1, 0.15) is 0 Å². The molecule has 0 aliphatic rings. The first-order valence-electron chi connectivity index (χ1n) is 5.25. The van der Waals surface area contributed by atoms with Crippen LogP contribution in [0.4, 0.5) is 0 Å². The summed E-state index contributed by atoms with van der Waals surface area (Å²) >= 11 is 0. The second-order valence-electron chi connectivity index (χ2n) is 3.25. The van der Waals surface area contributed by atoms with Crippen molar-refractivity contribution < 1.29 is 9.84 Å². The number of aliphatic hydroxyl groups excluding tert-OH is 1. The van der Waals surface area contributed by atoms with Crippen LogP contribution in [0.1, 0.15) is 12.5 Å². The summed E-state index contributed by atoms with van der Waals surface area (Å²) in [6, 6.07) is 9.69. The van der Waals surface area contributed by atoms with E-state index < -0.39 is 6.41 Å². The van der Waals surface area contributed by atoms with Gasteiger partial charge in [0.2, 0.25) is 6.41 Å². The Balaban J connectivity index is 2.30. The lowest BCUT2D eigenvalue weighted by molar-refractivity contribution is -0.155. The van der Waals surface area contributed by atoms with E-state index in [0.29, 0.717) is 13.2 Å². The molecule has 0 bridgehead atoms. The molecule has 0 aliphatic carbocycles. The van der Waals surface area contributed by atoms with Gasteiger partial charge in [-0.3, -0.25) is 0 Å². The minimum atomic E-state index is -1.03. The highest BCUT2D eigenvalue weighted by Gasteiger charge is 2.05. The van der Waals surface area contributed by atoms with Gasteiger partial charge in [-0.15, -0.1) is 0 Å². The van der Waals surface area contributed by atoms with Crippen LogP contribution in [-0.2, 0) is 11.3 Å². The fourth-order valence-electron chi connectivity index (χ4n) is 1.20. The van der Waals surface area contributed by atoms with Crippen molar-refractivity contribution in [2.45, 2.75) is 19.9 Å². The lowest BCUT2D eigenvalue weighted by atomic mass is 10.2. The van der Waals surface area contributed by atoms with Crippen LogP contribution < -0.4 is 5.43 Å². The molecule has 0 saturated heterocycles. The Kier molecular flexibility index (Phi) is 5.56. The number of rotatable bonds is 7. The van der Waals surface area contributed by atoms with Gasteiger partial charge in [-0.2, -0.15) is 5.43 Å². The maximum absolute atomic E-state index is 9.52. The van der Waals surface area contributed by atoms with Crippen LogP contribution in [-0.4, -0.2) is 23.1 Å². The lowest BCUT2D eigenvalue weighted by Crippen LogP contribution is -2.42. The van der Waals surface area contributed by atoms with Gasteiger partial charge in [-0.25, -0.2) is 0 Å². The lowest BCUT2D eigenvalue weighted by Gasteiger charge is -2.23. The molecule has 0 fully saturated rings. The van der Waals surface area contributed by atoms with E-state index in [-0.39, 0.29) is 0 Å². The van der Waals surface area contributed by atoms with Gasteiger partial charge in [0, 0.05) is 12.7 Å². The molecule has 2 N–H and O–H groups in total. The number of benzene rings is 1. The van der Waals surface area contributed by atoms with Crippen LogP contribution in [0.3, 0.4) is 0 Å². The molecule has 1 atom stereocenters. The third-order valence-corrected chi connectivity index (χ3v) is 2.09. The molecule has 0 aliphatic heterocycles. The summed E-state index contributed by atoms with van der Waals surface area (Å²) in [6.07, 6.45) is 0.563. The number of aliphatic hydroxyl groups is 1. The van der Waals surface area contributed by atoms with Crippen LogP contribution in [0.25, 0.3) is 0 Å². The van der Waals surface area contributed by atoms with Gasteiger partial charge in [0.15, 0.2) is 0 Å². The molecule has 1 rings (SSSR count). The van der Waals surface area contributed by atoms with Crippen LogP contribution in [0.15, 0.2) is 43.1 Å². The molecule has 1 unspecified atom stereocenters. The summed E-state index contributed by atoms with van der Waals surface area (Å²) in [4.78, 5) is 0. The topological polar surface area (TPSA) is 44.7 Å². The van der Waals surface area contributed by atoms with Gasteiger partial charge in [-0.05, 0) is 12.5 Å². The van der Waals surface area contributed by atoms with Crippen LogP contribution >= 0.6 is 0 Å². The molecule has 4 nitrogen and oxygen atoms in total. The summed E-state index contributed by atoms with van der Waals surface area (Å²) < 4.78 is 5.22. The molecular formula is C12H18N2O2. The molecule has 4 heteroatoms. The average molecular weight is 222 g/mol. The van der Waals surface area contributed by atoms with E-state index in [9.17, 15) is 5.11 Å². The summed E-state index contributed by atoms with van der Waals surface area (Å²) in [5.74, 6) is 0. The fraction of sp³-hybridized carbons (Fsp3) is 0.333. The molecule has 0 aromatic heterocycles. The van der Waals surface area contributed by atoms with E-state index in [4.69, 9.17) is 4.74 Å². The Hall–Kier alpha value is -1.36. The Morgan fingerprint density at radius 2 is 2.19 bits per heavy atom. The predicted molar refractivity (Wildman–Crippen MR) is 63.0 cm³/mol. The van der Waals surface area contributed by atoms with E-state index in [1.54, 1.807) is 11.2 Å². The summed E-state index contributed by atoms with van der Waals surface area (Å²) in [7, 11) is 0. The second-order valence-corrected chi connectivity index (χ2v) is 3.25. The Labute approximate surface area is 96.1 Å². The maximum Gasteiger partial charge on any atom is 0.230 e. The van der Waals surface area contributed by atoms with Gasteiger partial charge in [0.25, 0.3) is 0 Å². The van der Waals surface area contributed by atoms with Crippen molar-refractivity contribution in [1.29, 1.82) is 0 Å². The van der Waals surface area contributed by atoms with Crippen molar-refractivity contribution in [3.63, 3.8) is 0 Å². The second kappa shape index (κ2) is 7.00. The van der Waals surface area contributed by atoms with Crippen molar-refractivity contribution in [1.82, 2.24) is 10.4 Å². The predicted octanol–water partition coefficient (Wildman–Crippen LogP) is 1.45. The first-order valence-corrected chi connectivity index (χ1v) is 5.25. The average Bonchev–Trinajstić information content (AvgIpc) is 2.34. The standard InChI is InChI=1S/C12H18N2O2/c1-3-14(4-2)13-12(15)16-10-11-8-6-5-7-9-11/h3,5-9,12-13,15H,1,4,10H2,2H3. The number of ether oxygens (including phenoxy) is 1. The first-order chi connectivity index (χ1) is 7.76. The molecule has 1 aromatic carbocycles. The SMILES string of the molecule is C=CN(CC)NC(O)OCc1ccccc1. The molecule has 88 valence electrons. The Morgan fingerprint density at radius 3 is 2.75 bits per heavy atom. The van der Waals surface area contributed by atoms with Crippen molar-refractivity contribution >= 4 is 0 Å². The first kappa shape index (κ1) is 12.7. The van der Waals surface area contributed by atoms with Crippen LogP contribution in [0.5, 0.6) is 0 Å². The molecule has 0 radical (unpaired) electrons. The van der Waals surface area contributed by atoms with Gasteiger partial charge >= 0.3 is 0 Å². The van der Waals surface area contributed by atoms with Gasteiger partial charge in [0.05, 0.1) is 6.61 Å². The zero-order chi connectivity index (χ0) is 11.8. The van der Waals surface area contributed by atoms with Crippen molar-refractivity contribution in [3.8, 4) is 0 Å². The van der Waals surface area contributed by atoms with E-state index in [0.717, 1.165) is 5.56 Å². The van der Waals surface area contributed by atoms with E-state index >= 15 is 0 Å².